The Morgan fingerprint density at radius 2 is 2.30 bits per heavy atom. The number of carbonyl (C=O) groups excluding carboxylic acids is 1. The maximum atomic E-state index is 11.8. The zero-order chi connectivity index (χ0) is 14.4. The molecule has 1 N–H and O–H groups in total. The van der Waals surface area contributed by atoms with Crippen LogP contribution in [0.15, 0.2) is 24.5 Å². The molecule has 0 fully saturated rings. The van der Waals surface area contributed by atoms with E-state index in [4.69, 9.17) is 4.74 Å². The monoisotopic (exact) mass is 277 g/mol. The number of nitrogens with one attached hydrogen (secondary N) is 1. The van der Waals surface area contributed by atoms with E-state index in [1.165, 1.54) is 0 Å². The molecule has 2 aromatic rings. The molecule has 0 radical (unpaired) electrons. The molecule has 0 aliphatic heterocycles. The van der Waals surface area contributed by atoms with Gasteiger partial charge in [-0.15, -0.1) is 0 Å². The van der Waals surface area contributed by atoms with Gasteiger partial charge in [0.15, 0.2) is 0 Å². The van der Waals surface area contributed by atoms with Crippen LogP contribution in [-0.2, 0) is 18.3 Å². The van der Waals surface area contributed by atoms with Crippen molar-refractivity contribution in [1.82, 2.24) is 24.9 Å². The number of hydrogen-bond acceptors (Lipinski definition) is 4. The Hall–Kier alpha value is -2.15. The van der Waals surface area contributed by atoms with Gasteiger partial charge in [0.25, 0.3) is 5.91 Å². The highest BCUT2D eigenvalue weighted by atomic mass is 16.5. The summed E-state index contributed by atoms with van der Waals surface area (Å²) in [5.74, 6) is -0.177. The average Bonchev–Trinajstić information content (AvgIpc) is 3.04. The van der Waals surface area contributed by atoms with E-state index < -0.39 is 0 Å². The van der Waals surface area contributed by atoms with Crippen LogP contribution in [0.1, 0.15) is 16.2 Å². The first-order chi connectivity index (χ1) is 9.66. The number of hydrogen-bond donors (Lipinski definition) is 1. The summed E-state index contributed by atoms with van der Waals surface area (Å²) in [4.78, 5) is 11.8. The van der Waals surface area contributed by atoms with Gasteiger partial charge in [0.1, 0.15) is 5.69 Å². The molecule has 0 atom stereocenters. The van der Waals surface area contributed by atoms with E-state index in [0.717, 1.165) is 5.69 Å². The van der Waals surface area contributed by atoms with Crippen LogP contribution in [0.3, 0.4) is 0 Å². The maximum Gasteiger partial charge on any atom is 0.271 e. The molecule has 0 saturated carbocycles. The fourth-order valence-corrected chi connectivity index (χ4v) is 1.69. The third kappa shape index (κ3) is 3.92. The van der Waals surface area contributed by atoms with Gasteiger partial charge in [-0.3, -0.25) is 14.2 Å². The quantitative estimate of drug-likeness (QED) is 0.742. The van der Waals surface area contributed by atoms with Gasteiger partial charge in [0, 0.05) is 31.7 Å². The fraction of sp³-hybridized carbons (Fsp3) is 0.462. The summed E-state index contributed by atoms with van der Waals surface area (Å²) in [5.41, 5.74) is 1.38. The summed E-state index contributed by atoms with van der Waals surface area (Å²) in [6.07, 6.45) is 3.61. The van der Waals surface area contributed by atoms with Crippen LogP contribution in [0.25, 0.3) is 0 Å². The number of aryl methyl sites for hydroxylation is 2. The summed E-state index contributed by atoms with van der Waals surface area (Å²) in [6.45, 7) is 4.12. The van der Waals surface area contributed by atoms with E-state index >= 15 is 0 Å². The van der Waals surface area contributed by atoms with Crippen LogP contribution in [-0.4, -0.2) is 45.2 Å². The number of nitrogens with zero attached hydrogens (tertiary/aromatic N) is 4. The molecule has 20 heavy (non-hydrogen) atoms. The Bertz CT molecular complexity index is 528. The number of amides is 1. The first-order valence-electron chi connectivity index (χ1n) is 6.51. The molecule has 0 unspecified atom stereocenters. The van der Waals surface area contributed by atoms with Crippen LogP contribution >= 0.6 is 0 Å². The van der Waals surface area contributed by atoms with Crippen molar-refractivity contribution in [2.75, 3.05) is 19.8 Å². The Morgan fingerprint density at radius 1 is 1.45 bits per heavy atom. The van der Waals surface area contributed by atoms with Crippen LogP contribution < -0.4 is 5.32 Å². The molecule has 0 aromatic carbocycles. The zero-order valence-corrected chi connectivity index (χ0v) is 11.7. The van der Waals surface area contributed by atoms with Gasteiger partial charge in [-0.1, -0.05) is 0 Å². The smallest absolute Gasteiger partial charge is 0.271 e. The fourth-order valence-electron chi connectivity index (χ4n) is 1.69. The molecule has 2 aromatic heterocycles. The van der Waals surface area contributed by atoms with Crippen molar-refractivity contribution in [3.8, 4) is 0 Å². The van der Waals surface area contributed by atoms with E-state index in [9.17, 15) is 4.79 Å². The lowest BCUT2D eigenvalue weighted by molar-refractivity contribution is 0.0901. The van der Waals surface area contributed by atoms with Crippen molar-refractivity contribution < 1.29 is 9.53 Å². The molecule has 2 rings (SSSR count). The first-order valence-corrected chi connectivity index (χ1v) is 6.51. The molecule has 2 heterocycles. The Kier molecular flexibility index (Phi) is 4.89. The Balaban J connectivity index is 1.60. The van der Waals surface area contributed by atoms with Gasteiger partial charge in [0.05, 0.1) is 19.8 Å². The second-order valence-electron chi connectivity index (χ2n) is 4.43. The van der Waals surface area contributed by atoms with Gasteiger partial charge in [0.2, 0.25) is 0 Å². The highest BCUT2D eigenvalue weighted by Gasteiger charge is 2.09. The number of rotatable bonds is 7. The summed E-state index contributed by atoms with van der Waals surface area (Å²) in [7, 11) is 1.81. The van der Waals surface area contributed by atoms with Gasteiger partial charge in [-0.05, 0) is 19.1 Å². The molecule has 0 saturated heterocycles. The first kappa shape index (κ1) is 14.3. The zero-order valence-electron chi connectivity index (χ0n) is 11.7. The van der Waals surface area contributed by atoms with E-state index in [1.54, 1.807) is 21.6 Å². The highest BCUT2D eigenvalue weighted by molar-refractivity contribution is 5.92. The van der Waals surface area contributed by atoms with Gasteiger partial charge in [-0.2, -0.15) is 10.2 Å². The van der Waals surface area contributed by atoms with Gasteiger partial charge < -0.3 is 10.1 Å². The van der Waals surface area contributed by atoms with Gasteiger partial charge in [-0.25, -0.2) is 0 Å². The highest BCUT2D eigenvalue weighted by Crippen LogP contribution is 2.00. The number of carbonyl (C=O) groups is 1. The van der Waals surface area contributed by atoms with Crippen molar-refractivity contribution in [1.29, 1.82) is 0 Å². The van der Waals surface area contributed by atoms with E-state index in [1.807, 2.05) is 26.2 Å². The topological polar surface area (TPSA) is 74.0 Å². The van der Waals surface area contributed by atoms with Crippen molar-refractivity contribution in [2.24, 2.45) is 7.05 Å². The van der Waals surface area contributed by atoms with Crippen molar-refractivity contribution in [3.05, 3.63) is 35.9 Å². The Labute approximate surface area is 117 Å². The molecular weight excluding hydrogens is 258 g/mol. The standard InChI is InChI=1S/C13H19N5O2/c1-11-10-12(16-17(11)2)13(19)14-5-8-20-9-7-18-6-3-4-15-18/h3-4,6,10H,5,7-9H2,1-2H3,(H,14,19). The largest absolute Gasteiger partial charge is 0.378 e. The Morgan fingerprint density at radius 3 is 2.95 bits per heavy atom. The maximum absolute atomic E-state index is 11.8. The van der Waals surface area contributed by atoms with Crippen molar-refractivity contribution in [2.45, 2.75) is 13.5 Å². The second kappa shape index (κ2) is 6.85. The van der Waals surface area contributed by atoms with Crippen LogP contribution in [0.2, 0.25) is 0 Å². The molecular formula is C13H19N5O2. The lowest BCUT2D eigenvalue weighted by Gasteiger charge is -2.05. The van der Waals surface area contributed by atoms with Crippen molar-refractivity contribution >= 4 is 5.91 Å². The van der Waals surface area contributed by atoms with E-state index in [2.05, 4.69) is 15.5 Å². The molecule has 0 spiro atoms. The minimum Gasteiger partial charge on any atom is -0.378 e. The molecule has 0 bridgehead atoms. The predicted molar refractivity (Wildman–Crippen MR) is 73.3 cm³/mol. The summed E-state index contributed by atoms with van der Waals surface area (Å²) in [5, 5.41) is 11.0. The predicted octanol–water partition coefficient (Wildman–Crippen LogP) is 0.372. The van der Waals surface area contributed by atoms with Crippen LogP contribution in [0.4, 0.5) is 0 Å². The third-order valence-electron chi connectivity index (χ3n) is 2.90. The minimum atomic E-state index is -0.177. The normalized spacial score (nSPS) is 10.7. The van der Waals surface area contributed by atoms with Crippen LogP contribution in [0.5, 0.6) is 0 Å². The molecule has 0 aliphatic rings. The lowest BCUT2D eigenvalue weighted by atomic mass is 10.3. The van der Waals surface area contributed by atoms with E-state index in [0.29, 0.717) is 32.0 Å². The molecule has 7 nitrogen and oxygen atoms in total. The van der Waals surface area contributed by atoms with Crippen LogP contribution in [0, 0.1) is 6.92 Å². The summed E-state index contributed by atoms with van der Waals surface area (Å²) < 4.78 is 8.90. The third-order valence-corrected chi connectivity index (χ3v) is 2.90. The SMILES string of the molecule is Cc1cc(C(=O)NCCOCCn2cccn2)nn1C. The molecule has 1 amide bonds. The number of aromatic nitrogens is 4. The van der Waals surface area contributed by atoms with Crippen molar-refractivity contribution in [3.63, 3.8) is 0 Å². The second-order valence-corrected chi connectivity index (χ2v) is 4.43. The van der Waals surface area contributed by atoms with Gasteiger partial charge >= 0.3 is 0 Å². The molecule has 0 aliphatic carbocycles. The molecule has 7 heteroatoms. The molecule has 108 valence electrons. The number of ether oxygens (including phenoxy) is 1. The average molecular weight is 277 g/mol. The summed E-state index contributed by atoms with van der Waals surface area (Å²) >= 11 is 0. The summed E-state index contributed by atoms with van der Waals surface area (Å²) in [6, 6.07) is 3.63. The minimum absolute atomic E-state index is 0.177. The lowest BCUT2D eigenvalue weighted by Crippen LogP contribution is -2.28. The van der Waals surface area contributed by atoms with E-state index in [-0.39, 0.29) is 5.91 Å².